The summed E-state index contributed by atoms with van der Waals surface area (Å²) in [7, 11) is 0. The largest absolute Gasteiger partial charge is 0.399 e. The Kier molecular flexibility index (Phi) is 6.14. The van der Waals surface area contributed by atoms with Gasteiger partial charge in [0.2, 0.25) is 5.91 Å². The van der Waals surface area contributed by atoms with E-state index in [-0.39, 0.29) is 36.2 Å². The fourth-order valence-corrected chi connectivity index (χ4v) is 2.69. The highest BCUT2D eigenvalue weighted by atomic mass is 16.5. The van der Waals surface area contributed by atoms with Gasteiger partial charge in [-0.2, -0.15) is 0 Å². The molecular weight excluding hydrogens is 322 g/mol. The molecule has 0 aromatic heterocycles. The summed E-state index contributed by atoms with van der Waals surface area (Å²) >= 11 is 0. The highest BCUT2D eigenvalue weighted by Gasteiger charge is 2.35. The number of anilines is 1. The number of ketones is 1. The van der Waals surface area contributed by atoms with Crippen LogP contribution in [-0.4, -0.2) is 42.4 Å². The molecule has 2 rings (SSSR count). The van der Waals surface area contributed by atoms with Crippen LogP contribution in [0.25, 0.3) is 0 Å². The van der Waals surface area contributed by atoms with E-state index in [0.29, 0.717) is 17.7 Å². The maximum absolute atomic E-state index is 12.6. The van der Waals surface area contributed by atoms with E-state index < -0.39 is 12.1 Å². The van der Waals surface area contributed by atoms with Gasteiger partial charge in [0.15, 0.2) is 5.78 Å². The molecule has 7 nitrogen and oxygen atoms in total. The molecule has 4 N–H and O–H groups in total. The van der Waals surface area contributed by atoms with Gasteiger partial charge in [-0.15, -0.1) is 0 Å². The molecule has 1 aliphatic rings. The van der Waals surface area contributed by atoms with Gasteiger partial charge in [0.25, 0.3) is 5.91 Å². The number of Topliss-reactive ketones (excluding diaryl/α,β-unsaturated/α-hetero) is 1. The number of rotatable bonds is 6. The number of benzene rings is 1. The normalized spacial score (nSPS) is 21.2. The van der Waals surface area contributed by atoms with Crippen LogP contribution in [-0.2, 0) is 14.3 Å². The number of ether oxygens (including phenoxy) is 1. The van der Waals surface area contributed by atoms with E-state index >= 15 is 0 Å². The fourth-order valence-electron chi connectivity index (χ4n) is 2.69. The van der Waals surface area contributed by atoms with Crippen LogP contribution >= 0.6 is 0 Å². The minimum Gasteiger partial charge on any atom is -0.399 e. The lowest BCUT2D eigenvalue weighted by Crippen LogP contribution is -2.53. The zero-order valence-electron chi connectivity index (χ0n) is 14.7. The average Bonchev–Trinajstić information content (AvgIpc) is 2.86. The van der Waals surface area contributed by atoms with Gasteiger partial charge in [0.1, 0.15) is 18.7 Å². The molecule has 7 heteroatoms. The topological polar surface area (TPSA) is 111 Å². The molecule has 1 aromatic rings. The number of hydrogen-bond acceptors (Lipinski definition) is 5. The maximum Gasteiger partial charge on any atom is 0.251 e. The first-order chi connectivity index (χ1) is 11.8. The second-order valence-electron chi connectivity index (χ2n) is 6.75. The van der Waals surface area contributed by atoms with Crippen LogP contribution in [0.5, 0.6) is 0 Å². The van der Waals surface area contributed by atoms with Crippen molar-refractivity contribution in [3.63, 3.8) is 0 Å². The first-order valence-corrected chi connectivity index (χ1v) is 8.39. The molecule has 0 aliphatic carbocycles. The summed E-state index contributed by atoms with van der Waals surface area (Å²) in [6, 6.07) is 5.06. The number of nitrogens with two attached hydrogens (primary N) is 1. The summed E-state index contributed by atoms with van der Waals surface area (Å²) in [4.78, 5) is 36.8. The van der Waals surface area contributed by atoms with Crippen molar-refractivity contribution in [2.75, 3.05) is 12.3 Å². The molecule has 136 valence electrons. The highest BCUT2D eigenvalue weighted by molar-refractivity contribution is 5.99. The Morgan fingerprint density at radius 1 is 1.28 bits per heavy atom. The first kappa shape index (κ1) is 18.9. The number of carbonyl (C=O) groups is 3. The molecule has 0 unspecified atom stereocenters. The second-order valence-corrected chi connectivity index (χ2v) is 6.75. The lowest BCUT2D eigenvalue weighted by atomic mass is 10.0. The Balaban J connectivity index is 2.06. The van der Waals surface area contributed by atoms with Crippen molar-refractivity contribution in [2.45, 2.75) is 45.4 Å². The van der Waals surface area contributed by atoms with Crippen molar-refractivity contribution < 1.29 is 19.1 Å². The maximum atomic E-state index is 12.6. The van der Waals surface area contributed by atoms with Crippen molar-refractivity contribution >= 4 is 23.3 Å². The summed E-state index contributed by atoms with van der Waals surface area (Å²) in [5.74, 6) is -0.708. The van der Waals surface area contributed by atoms with E-state index in [1.807, 2.05) is 13.8 Å². The number of nitrogen functional groups attached to an aromatic ring is 1. The van der Waals surface area contributed by atoms with E-state index in [0.717, 1.165) is 0 Å². The molecule has 1 saturated heterocycles. The van der Waals surface area contributed by atoms with Crippen LogP contribution in [0.4, 0.5) is 5.69 Å². The molecule has 0 spiro atoms. The van der Waals surface area contributed by atoms with Crippen LogP contribution in [0.2, 0.25) is 0 Å². The van der Waals surface area contributed by atoms with Gasteiger partial charge >= 0.3 is 0 Å². The van der Waals surface area contributed by atoms with Gasteiger partial charge in [0, 0.05) is 11.3 Å². The third-order valence-corrected chi connectivity index (χ3v) is 4.10. The zero-order valence-corrected chi connectivity index (χ0v) is 14.7. The first-order valence-electron chi connectivity index (χ1n) is 8.39. The second kappa shape index (κ2) is 8.11. The average molecular weight is 347 g/mol. The van der Waals surface area contributed by atoms with Gasteiger partial charge in [-0.25, -0.2) is 0 Å². The van der Waals surface area contributed by atoms with Crippen molar-refractivity contribution in [3.8, 4) is 0 Å². The molecule has 0 saturated carbocycles. The number of amides is 2. The molecule has 0 bridgehead atoms. The van der Waals surface area contributed by atoms with E-state index in [9.17, 15) is 14.4 Å². The van der Waals surface area contributed by atoms with Crippen molar-refractivity contribution in [3.05, 3.63) is 29.8 Å². The molecule has 1 aliphatic heterocycles. The molecule has 0 radical (unpaired) electrons. The monoisotopic (exact) mass is 347 g/mol. The Labute approximate surface area is 147 Å². The standard InChI is InChI=1S/C18H25N3O4/c1-10(2)8-14(18(24)21-16-11(3)25-9-15(16)22)20-17(23)12-4-6-13(19)7-5-12/h4-7,10-11,14,16H,8-9,19H2,1-3H3,(H,20,23)(H,21,24)/t11-,14+,16+/m1/s1. The van der Waals surface area contributed by atoms with E-state index in [1.54, 1.807) is 31.2 Å². The van der Waals surface area contributed by atoms with E-state index in [2.05, 4.69) is 10.6 Å². The number of nitrogens with one attached hydrogen (secondary N) is 2. The van der Waals surface area contributed by atoms with Gasteiger partial charge in [-0.3, -0.25) is 14.4 Å². The molecule has 3 atom stereocenters. The van der Waals surface area contributed by atoms with E-state index in [4.69, 9.17) is 10.5 Å². The zero-order chi connectivity index (χ0) is 18.6. The lowest BCUT2D eigenvalue weighted by molar-refractivity contribution is -0.127. The van der Waals surface area contributed by atoms with E-state index in [1.165, 1.54) is 0 Å². The summed E-state index contributed by atoms with van der Waals surface area (Å²) in [6.07, 6.45) is 0.0897. The summed E-state index contributed by atoms with van der Waals surface area (Å²) < 4.78 is 5.24. The predicted molar refractivity (Wildman–Crippen MR) is 93.9 cm³/mol. The summed E-state index contributed by atoms with van der Waals surface area (Å²) in [5, 5.41) is 5.45. The van der Waals surface area contributed by atoms with Crippen LogP contribution in [0.15, 0.2) is 24.3 Å². The molecule has 1 aromatic carbocycles. The quantitative estimate of drug-likeness (QED) is 0.662. The molecule has 1 heterocycles. The fraction of sp³-hybridized carbons (Fsp3) is 0.500. The number of carbonyl (C=O) groups excluding carboxylic acids is 3. The van der Waals surface area contributed by atoms with Crippen LogP contribution < -0.4 is 16.4 Å². The Morgan fingerprint density at radius 2 is 1.92 bits per heavy atom. The number of hydrogen-bond donors (Lipinski definition) is 3. The van der Waals surface area contributed by atoms with Crippen molar-refractivity contribution in [1.29, 1.82) is 0 Å². The van der Waals surface area contributed by atoms with Gasteiger partial charge in [-0.05, 0) is 43.5 Å². The Morgan fingerprint density at radius 3 is 2.44 bits per heavy atom. The molecule has 2 amide bonds. The van der Waals surface area contributed by atoms with Crippen LogP contribution in [0.1, 0.15) is 37.6 Å². The third-order valence-electron chi connectivity index (χ3n) is 4.10. The molecule has 25 heavy (non-hydrogen) atoms. The minimum absolute atomic E-state index is 0.00123. The van der Waals surface area contributed by atoms with Crippen LogP contribution in [0.3, 0.4) is 0 Å². The summed E-state index contributed by atoms with van der Waals surface area (Å²) in [6.45, 7) is 5.66. The smallest absolute Gasteiger partial charge is 0.251 e. The van der Waals surface area contributed by atoms with Gasteiger partial charge in [0.05, 0.1) is 6.10 Å². The predicted octanol–water partition coefficient (Wildman–Crippen LogP) is 0.886. The van der Waals surface area contributed by atoms with Gasteiger partial charge < -0.3 is 21.1 Å². The van der Waals surface area contributed by atoms with Crippen molar-refractivity contribution in [2.24, 2.45) is 5.92 Å². The SMILES string of the molecule is CC(C)C[C@H](NC(=O)c1ccc(N)cc1)C(=O)N[C@@H]1C(=O)CO[C@@H]1C. The minimum atomic E-state index is -0.731. The lowest BCUT2D eigenvalue weighted by Gasteiger charge is -2.23. The third kappa shape index (κ3) is 5.03. The highest BCUT2D eigenvalue weighted by Crippen LogP contribution is 2.12. The molecule has 1 fully saturated rings. The van der Waals surface area contributed by atoms with Crippen LogP contribution in [0, 0.1) is 5.92 Å². The Bertz CT molecular complexity index is 642. The van der Waals surface area contributed by atoms with Gasteiger partial charge in [-0.1, -0.05) is 13.8 Å². The Hall–Kier alpha value is -2.41. The molecular formula is C18H25N3O4. The summed E-state index contributed by atoms with van der Waals surface area (Å²) in [5.41, 5.74) is 6.60. The van der Waals surface area contributed by atoms with Crippen molar-refractivity contribution in [1.82, 2.24) is 10.6 Å².